The number of rotatable bonds is 8. The monoisotopic (exact) mass is 518 g/mol. The second-order valence-corrected chi connectivity index (χ2v) is 9.50. The zero-order chi connectivity index (χ0) is 27.8. The maximum Gasteiger partial charge on any atom is 0.304 e. The third-order valence-corrected chi connectivity index (χ3v) is 7.14. The topological polar surface area (TPSA) is 105 Å². The molecule has 1 heterocycles. The van der Waals surface area contributed by atoms with E-state index in [9.17, 15) is 9.90 Å². The van der Waals surface area contributed by atoms with Crippen LogP contribution in [0.25, 0.3) is 0 Å². The summed E-state index contributed by atoms with van der Waals surface area (Å²) in [6, 6.07) is 18.3. The Kier molecular flexibility index (Phi) is 10.2. The van der Waals surface area contributed by atoms with E-state index < -0.39 is 5.97 Å². The number of anilines is 2. The summed E-state index contributed by atoms with van der Waals surface area (Å²) < 4.78 is 5.94. The summed E-state index contributed by atoms with van der Waals surface area (Å²) in [4.78, 5) is 14.3. The normalized spacial score (nSPS) is 13.8. The number of aryl methyl sites for hydroxylation is 1. The van der Waals surface area contributed by atoms with E-state index in [4.69, 9.17) is 16.3 Å². The van der Waals surface area contributed by atoms with Gasteiger partial charge in [0.1, 0.15) is 12.4 Å². The Balaban J connectivity index is 0.00000195. The number of hydrogen-bond acceptors (Lipinski definition) is 6. The Morgan fingerprint density at radius 2 is 1.87 bits per heavy atom. The summed E-state index contributed by atoms with van der Waals surface area (Å²) in [5.41, 5.74) is 14.1. The van der Waals surface area contributed by atoms with E-state index in [-0.39, 0.29) is 12.3 Å². The minimum absolute atomic E-state index is 0.0207. The molecule has 1 aliphatic rings. The molecule has 0 fully saturated rings. The van der Waals surface area contributed by atoms with Gasteiger partial charge in [0.15, 0.2) is 0 Å². The van der Waals surface area contributed by atoms with Crippen molar-refractivity contribution in [2.45, 2.75) is 60.0 Å². The molecule has 0 aliphatic carbocycles. The average molecular weight is 519 g/mol. The Morgan fingerprint density at radius 3 is 2.58 bits per heavy atom. The van der Waals surface area contributed by atoms with Gasteiger partial charge in [0.2, 0.25) is 0 Å². The third kappa shape index (κ3) is 6.65. The Labute approximate surface area is 227 Å². The van der Waals surface area contributed by atoms with Gasteiger partial charge in [0.25, 0.3) is 0 Å². The number of carboxylic acid groups (broad SMARTS) is 1. The molecule has 0 saturated carbocycles. The van der Waals surface area contributed by atoms with Gasteiger partial charge in [-0.3, -0.25) is 9.69 Å². The molecule has 0 spiro atoms. The van der Waals surface area contributed by atoms with Crippen molar-refractivity contribution in [1.29, 1.82) is 0 Å². The zero-order valence-electron chi connectivity index (χ0n) is 23.3. The smallest absolute Gasteiger partial charge is 0.304 e. The number of aliphatic carboxylic acids is 1. The van der Waals surface area contributed by atoms with Crippen LogP contribution in [0.3, 0.4) is 0 Å². The Bertz CT molecular complexity index is 1240. The van der Waals surface area contributed by atoms with Gasteiger partial charge in [0.05, 0.1) is 17.8 Å². The van der Waals surface area contributed by atoms with Gasteiger partial charge in [-0.15, -0.1) is 0 Å². The second-order valence-electron chi connectivity index (χ2n) is 9.50. The first-order chi connectivity index (χ1) is 18.3. The van der Waals surface area contributed by atoms with E-state index in [2.05, 4.69) is 30.0 Å². The summed E-state index contributed by atoms with van der Waals surface area (Å²) in [6.07, 6.45) is -0.0207. The lowest BCUT2D eigenvalue weighted by molar-refractivity contribution is -0.137. The van der Waals surface area contributed by atoms with Crippen molar-refractivity contribution in [2.24, 2.45) is 5.84 Å². The van der Waals surface area contributed by atoms with E-state index in [1.54, 1.807) is 5.01 Å². The molecule has 0 radical (unpaired) electrons. The lowest BCUT2D eigenvalue weighted by Crippen LogP contribution is -2.31. The molecule has 0 amide bonds. The Morgan fingerprint density at radius 1 is 1.13 bits per heavy atom. The molecule has 0 saturated heterocycles. The van der Waals surface area contributed by atoms with Crippen LogP contribution in [0.1, 0.15) is 66.5 Å². The highest BCUT2D eigenvalue weighted by Crippen LogP contribution is 2.37. The molecule has 1 aliphatic heterocycles. The number of nitrogens with two attached hydrogens (primary N) is 2. The first-order valence-corrected chi connectivity index (χ1v) is 13.4. The van der Waals surface area contributed by atoms with Crippen LogP contribution in [0.2, 0.25) is 0 Å². The number of nitrogen functional groups attached to an aromatic ring is 1. The van der Waals surface area contributed by atoms with Gasteiger partial charge in [-0.1, -0.05) is 56.3 Å². The zero-order valence-corrected chi connectivity index (χ0v) is 23.3. The van der Waals surface area contributed by atoms with Crippen molar-refractivity contribution >= 4 is 17.3 Å². The van der Waals surface area contributed by atoms with Gasteiger partial charge in [0, 0.05) is 37.7 Å². The van der Waals surface area contributed by atoms with Crippen molar-refractivity contribution < 1.29 is 14.6 Å². The van der Waals surface area contributed by atoms with Crippen LogP contribution >= 0.6 is 0 Å². The number of benzene rings is 3. The molecule has 3 aromatic rings. The van der Waals surface area contributed by atoms with E-state index in [1.165, 1.54) is 16.7 Å². The van der Waals surface area contributed by atoms with Crippen molar-refractivity contribution in [3.05, 3.63) is 88.0 Å². The quantitative estimate of drug-likeness (QED) is 0.202. The number of hydrogen-bond donors (Lipinski definition) is 3. The second kappa shape index (κ2) is 13.3. The van der Waals surface area contributed by atoms with Crippen LogP contribution in [0.4, 0.5) is 11.4 Å². The SMILES string of the molecule is CC.CCN(N)c1ccc(C(CC(=O)O)c2ccc(C)c(CN3CCOc4ccccc4C3)c2)c(C)c1N. The van der Waals surface area contributed by atoms with Crippen LogP contribution in [-0.2, 0) is 17.9 Å². The molecule has 3 aromatic carbocycles. The van der Waals surface area contributed by atoms with Crippen LogP contribution in [-0.4, -0.2) is 35.7 Å². The van der Waals surface area contributed by atoms with Crippen molar-refractivity contribution in [3.63, 3.8) is 0 Å². The fourth-order valence-corrected chi connectivity index (χ4v) is 4.95. The first-order valence-electron chi connectivity index (χ1n) is 13.4. The maximum atomic E-state index is 11.9. The number of ether oxygens (including phenoxy) is 1. The fourth-order valence-electron chi connectivity index (χ4n) is 4.95. The van der Waals surface area contributed by atoms with Crippen LogP contribution in [0.5, 0.6) is 5.75 Å². The molecule has 1 atom stereocenters. The molecule has 7 heteroatoms. The fraction of sp³-hybridized carbons (Fsp3) is 0.387. The molecule has 4 rings (SSSR count). The van der Waals surface area contributed by atoms with Crippen LogP contribution in [0.15, 0.2) is 54.6 Å². The van der Waals surface area contributed by atoms with E-state index in [0.717, 1.165) is 47.8 Å². The summed E-state index contributed by atoms with van der Waals surface area (Å²) in [7, 11) is 0. The summed E-state index contributed by atoms with van der Waals surface area (Å²) in [6.45, 7) is 13.6. The van der Waals surface area contributed by atoms with Crippen molar-refractivity contribution in [2.75, 3.05) is 30.4 Å². The summed E-state index contributed by atoms with van der Waals surface area (Å²) in [5, 5.41) is 11.4. The van der Waals surface area contributed by atoms with Crippen LogP contribution < -0.4 is 21.3 Å². The number of nitrogens with zero attached hydrogens (tertiary/aromatic N) is 2. The largest absolute Gasteiger partial charge is 0.492 e. The van der Waals surface area contributed by atoms with E-state index >= 15 is 0 Å². The number of para-hydroxylation sites is 1. The molecule has 0 bridgehead atoms. The first kappa shape index (κ1) is 29.0. The molecule has 5 N–H and O–H groups in total. The Hall–Kier alpha value is -3.55. The van der Waals surface area contributed by atoms with Crippen molar-refractivity contribution in [3.8, 4) is 5.75 Å². The molecular weight excluding hydrogens is 476 g/mol. The van der Waals surface area contributed by atoms with Gasteiger partial charge < -0.3 is 20.6 Å². The summed E-state index contributed by atoms with van der Waals surface area (Å²) >= 11 is 0. The third-order valence-electron chi connectivity index (χ3n) is 7.14. The highest BCUT2D eigenvalue weighted by Gasteiger charge is 2.24. The number of carboxylic acids is 1. The lowest BCUT2D eigenvalue weighted by atomic mass is 9.84. The molecule has 7 nitrogen and oxygen atoms in total. The molecule has 38 heavy (non-hydrogen) atoms. The van der Waals surface area contributed by atoms with Gasteiger partial charge >= 0.3 is 5.97 Å². The van der Waals surface area contributed by atoms with Crippen LogP contribution in [0, 0.1) is 13.8 Å². The predicted molar refractivity (Wildman–Crippen MR) is 155 cm³/mol. The minimum atomic E-state index is -0.848. The molecular formula is C31H42N4O3. The number of hydrazine groups is 1. The lowest BCUT2D eigenvalue weighted by Gasteiger charge is -2.25. The highest BCUT2D eigenvalue weighted by atomic mass is 16.5. The minimum Gasteiger partial charge on any atom is -0.492 e. The number of carbonyl (C=O) groups is 1. The highest BCUT2D eigenvalue weighted by molar-refractivity contribution is 5.74. The van der Waals surface area contributed by atoms with E-state index in [1.807, 2.05) is 64.1 Å². The number of fused-ring (bicyclic) bond motifs is 1. The van der Waals surface area contributed by atoms with Gasteiger partial charge in [-0.2, -0.15) is 0 Å². The standard InChI is InChI=1S/C29H36N4O3.C2H6/c1-4-33(31)26-12-11-24(20(3)29(26)30)25(16-28(34)35)21-10-9-19(2)23(15-21)18-32-13-14-36-27-8-6-5-7-22(27)17-32;1-2/h5-12,15,25H,4,13-14,16-18,30-31H2,1-3H3,(H,34,35);1-2H3. The molecule has 1 unspecified atom stereocenters. The van der Waals surface area contributed by atoms with Gasteiger partial charge in [-0.25, -0.2) is 5.84 Å². The predicted octanol–water partition coefficient (Wildman–Crippen LogP) is 5.61. The molecule has 0 aromatic heterocycles. The van der Waals surface area contributed by atoms with E-state index in [0.29, 0.717) is 18.8 Å². The average Bonchev–Trinajstić information content (AvgIpc) is 3.12. The van der Waals surface area contributed by atoms with Gasteiger partial charge in [-0.05, 0) is 60.7 Å². The summed E-state index contributed by atoms with van der Waals surface area (Å²) in [5.74, 6) is 5.87. The maximum absolute atomic E-state index is 11.9. The van der Waals surface area contributed by atoms with Crippen molar-refractivity contribution in [1.82, 2.24) is 4.90 Å². The molecule has 204 valence electrons.